The van der Waals surface area contributed by atoms with Crippen molar-refractivity contribution < 1.29 is 4.74 Å². The molecule has 24 heavy (non-hydrogen) atoms. The molecule has 0 aliphatic rings. The molecule has 0 aliphatic heterocycles. The quantitative estimate of drug-likeness (QED) is 0.565. The lowest BCUT2D eigenvalue weighted by Gasteiger charge is -2.09. The van der Waals surface area contributed by atoms with Crippen molar-refractivity contribution in [2.75, 3.05) is 0 Å². The van der Waals surface area contributed by atoms with E-state index in [9.17, 15) is 0 Å². The van der Waals surface area contributed by atoms with Crippen LogP contribution in [-0.2, 0) is 6.61 Å². The van der Waals surface area contributed by atoms with Crippen LogP contribution in [-0.4, -0.2) is 29.8 Å². The Hall–Kier alpha value is -3.48. The van der Waals surface area contributed by atoms with Gasteiger partial charge in [-0.15, -0.1) is 5.10 Å². The van der Waals surface area contributed by atoms with Gasteiger partial charge in [-0.05, 0) is 34.7 Å². The van der Waals surface area contributed by atoms with Crippen LogP contribution in [0.3, 0.4) is 0 Å². The van der Waals surface area contributed by atoms with Crippen LogP contribution in [0, 0.1) is 0 Å². The summed E-state index contributed by atoms with van der Waals surface area (Å²) in [6, 6.07) is 17.5. The zero-order valence-corrected chi connectivity index (χ0v) is 12.7. The lowest BCUT2D eigenvalue weighted by atomic mass is 10.3. The fraction of sp³-hybridized carbons (Fsp3) is 0.0588. The SMILES string of the molecule is c1ccc(-n2nnnc2COc2cccc(-n3ccnc3)c2)cc1. The number of tetrazole rings is 1. The van der Waals surface area contributed by atoms with E-state index in [1.54, 1.807) is 17.2 Å². The molecule has 0 aliphatic carbocycles. The highest BCUT2D eigenvalue weighted by atomic mass is 16.5. The van der Waals surface area contributed by atoms with Crippen LogP contribution in [0.1, 0.15) is 5.82 Å². The lowest BCUT2D eigenvalue weighted by Crippen LogP contribution is -2.07. The second kappa shape index (κ2) is 6.33. The number of hydrogen-bond acceptors (Lipinski definition) is 5. The summed E-state index contributed by atoms with van der Waals surface area (Å²) >= 11 is 0. The van der Waals surface area contributed by atoms with Gasteiger partial charge < -0.3 is 9.30 Å². The van der Waals surface area contributed by atoms with Crippen LogP contribution in [0.15, 0.2) is 73.3 Å². The third-order valence-electron chi connectivity index (χ3n) is 3.52. The number of aromatic nitrogens is 6. The largest absolute Gasteiger partial charge is 0.485 e. The molecule has 4 rings (SSSR count). The predicted molar refractivity (Wildman–Crippen MR) is 87.1 cm³/mol. The molecule has 0 radical (unpaired) electrons. The Morgan fingerprint density at radius 2 is 1.83 bits per heavy atom. The number of nitrogens with zero attached hydrogens (tertiary/aromatic N) is 6. The van der Waals surface area contributed by atoms with Gasteiger partial charge in [0.15, 0.2) is 5.82 Å². The van der Waals surface area contributed by atoms with Gasteiger partial charge in [0.2, 0.25) is 0 Å². The third kappa shape index (κ3) is 2.87. The molecule has 2 aromatic heterocycles. The maximum atomic E-state index is 5.85. The van der Waals surface area contributed by atoms with Crippen LogP contribution in [0.5, 0.6) is 5.75 Å². The summed E-state index contributed by atoms with van der Waals surface area (Å²) in [6.07, 6.45) is 5.37. The van der Waals surface area contributed by atoms with Gasteiger partial charge in [-0.2, -0.15) is 4.68 Å². The molecule has 0 saturated carbocycles. The molecular formula is C17H14N6O. The van der Waals surface area contributed by atoms with Crippen molar-refractivity contribution in [2.45, 2.75) is 6.61 Å². The molecule has 2 heterocycles. The first-order chi connectivity index (χ1) is 11.9. The van der Waals surface area contributed by atoms with E-state index in [1.165, 1.54) is 0 Å². The van der Waals surface area contributed by atoms with Gasteiger partial charge in [0.1, 0.15) is 12.4 Å². The second-order valence-corrected chi connectivity index (χ2v) is 5.10. The molecule has 4 aromatic rings. The molecule has 0 spiro atoms. The summed E-state index contributed by atoms with van der Waals surface area (Å²) in [5.74, 6) is 1.37. The van der Waals surface area contributed by atoms with Crippen molar-refractivity contribution in [1.29, 1.82) is 0 Å². The molecule has 0 bridgehead atoms. The zero-order chi connectivity index (χ0) is 16.2. The highest BCUT2D eigenvalue weighted by Crippen LogP contribution is 2.18. The number of ether oxygens (including phenoxy) is 1. The normalized spacial score (nSPS) is 10.7. The van der Waals surface area contributed by atoms with Crippen LogP contribution < -0.4 is 4.74 Å². The van der Waals surface area contributed by atoms with Gasteiger partial charge in [-0.3, -0.25) is 0 Å². The van der Waals surface area contributed by atoms with Crippen molar-refractivity contribution in [1.82, 2.24) is 29.8 Å². The van der Waals surface area contributed by atoms with Gasteiger partial charge in [0.25, 0.3) is 0 Å². The van der Waals surface area contributed by atoms with E-state index >= 15 is 0 Å². The average molecular weight is 318 g/mol. The molecule has 0 fully saturated rings. The Labute approximate surface area is 138 Å². The first kappa shape index (κ1) is 14.1. The summed E-state index contributed by atoms with van der Waals surface area (Å²) < 4.78 is 9.44. The van der Waals surface area contributed by atoms with E-state index in [2.05, 4.69) is 20.5 Å². The first-order valence-corrected chi connectivity index (χ1v) is 7.44. The smallest absolute Gasteiger partial charge is 0.194 e. The Balaban J connectivity index is 1.52. The number of hydrogen-bond donors (Lipinski definition) is 0. The molecule has 7 heteroatoms. The summed E-state index contributed by atoms with van der Waals surface area (Å²) in [7, 11) is 0. The monoisotopic (exact) mass is 318 g/mol. The first-order valence-electron chi connectivity index (χ1n) is 7.44. The number of para-hydroxylation sites is 1. The summed E-state index contributed by atoms with van der Waals surface area (Å²) in [5.41, 5.74) is 1.88. The van der Waals surface area contributed by atoms with Crippen LogP contribution in [0.4, 0.5) is 0 Å². The number of rotatable bonds is 5. The van der Waals surface area contributed by atoms with Gasteiger partial charge in [-0.25, -0.2) is 4.98 Å². The minimum absolute atomic E-state index is 0.273. The summed E-state index contributed by atoms with van der Waals surface area (Å²) in [4.78, 5) is 4.05. The van der Waals surface area contributed by atoms with Gasteiger partial charge in [-0.1, -0.05) is 24.3 Å². The maximum absolute atomic E-state index is 5.85. The summed E-state index contributed by atoms with van der Waals surface area (Å²) in [5, 5.41) is 11.8. The summed E-state index contributed by atoms with van der Waals surface area (Å²) in [6.45, 7) is 0.273. The minimum atomic E-state index is 0.273. The van der Waals surface area contributed by atoms with Crippen molar-refractivity contribution in [3.05, 3.63) is 79.1 Å². The third-order valence-corrected chi connectivity index (χ3v) is 3.52. The van der Waals surface area contributed by atoms with E-state index in [0.717, 1.165) is 17.1 Å². The van der Waals surface area contributed by atoms with E-state index in [-0.39, 0.29) is 6.61 Å². The molecule has 0 amide bonds. The number of imidazole rings is 1. The van der Waals surface area contributed by atoms with Crippen molar-refractivity contribution in [3.8, 4) is 17.1 Å². The van der Waals surface area contributed by atoms with Crippen LogP contribution in [0.2, 0.25) is 0 Å². The fourth-order valence-corrected chi connectivity index (χ4v) is 2.36. The van der Waals surface area contributed by atoms with Crippen molar-refractivity contribution >= 4 is 0 Å². The molecule has 0 N–H and O–H groups in total. The number of benzene rings is 2. The maximum Gasteiger partial charge on any atom is 0.194 e. The Bertz CT molecular complexity index is 917. The van der Waals surface area contributed by atoms with Gasteiger partial charge in [0, 0.05) is 18.5 Å². The molecule has 118 valence electrons. The minimum Gasteiger partial charge on any atom is -0.485 e. The topological polar surface area (TPSA) is 70.7 Å². The lowest BCUT2D eigenvalue weighted by molar-refractivity contribution is 0.292. The molecule has 7 nitrogen and oxygen atoms in total. The Kier molecular flexibility index (Phi) is 3.73. The molecule has 0 saturated heterocycles. The molecule has 0 unspecified atom stereocenters. The van der Waals surface area contributed by atoms with Gasteiger partial charge >= 0.3 is 0 Å². The molecular weight excluding hydrogens is 304 g/mol. The molecule has 2 aromatic carbocycles. The average Bonchev–Trinajstić information content (AvgIpc) is 3.33. The molecule has 0 atom stereocenters. The van der Waals surface area contributed by atoms with E-state index in [1.807, 2.05) is 65.4 Å². The zero-order valence-electron chi connectivity index (χ0n) is 12.7. The van der Waals surface area contributed by atoms with Gasteiger partial charge in [0.05, 0.1) is 17.7 Å². The Morgan fingerprint density at radius 3 is 2.67 bits per heavy atom. The highest BCUT2D eigenvalue weighted by Gasteiger charge is 2.09. The second-order valence-electron chi connectivity index (χ2n) is 5.10. The predicted octanol–water partition coefficient (Wildman–Crippen LogP) is 2.43. The fourth-order valence-electron chi connectivity index (χ4n) is 2.36. The van der Waals surface area contributed by atoms with E-state index < -0.39 is 0 Å². The van der Waals surface area contributed by atoms with Crippen LogP contribution in [0.25, 0.3) is 11.4 Å². The van der Waals surface area contributed by atoms with E-state index in [0.29, 0.717) is 5.82 Å². The Morgan fingerprint density at radius 1 is 0.958 bits per heavy atom. The van der Waals surface area contributed by atoms with Crippen molar-refractivity contribution in [3.63, 3.8) is 0 Å². The highest BCUT2D eigenvalue weighted by molar-refractivity contribution is 5.39. The standard InChI is InChI=1S/C17H14N6O/c1-2-5-14(6-3-1)23-17(19-20-21-23)12-24-16-8-4-7-15(11-16)22-10-9-18-13-22/h1-11,13H,12H2. The van der Waals surface area contributed by atoms with E-state index in [4.69, 9.17) is 4.74 Å². The van der Waals surface area contributed by atoms with Crippen molar-refractivity contribution in [2.24, 2.45) is 0 Å². The van der Waals surface area contributed by atoms with Crippen LogP contribution >= 0.6 is 0 Å².